The van der Waals surface area contributed by atoms with Crippen molar-refractivity contribution in [3.05, 3.63) is 48.9 Å². The van der Waals surface area contributed by atoms with E-state index in [1.54, 1.807) is 25.2 Å². The topological polar surface area (TPSA) is 118 Å². The van der Waals surface area contributed by atoms with Crippen LogP contribution in [0.25, 0.3) is 0 Å². The number of nitrogens with one attached hydrogen (secondary N) is 2. The third kappa shape index (κ3) is 2.99. The number of aromatic amines is 1. The van der Waals surface area contributed by atoms with Crippen molar-refractivity contribution in [1.82, 2.24) is 14.8 Å². The van der Waals surface area contributed by atoms with Crippen molar-refractivity contribution in [2.75, 3.05) is 0 Å². The Morgan fingerprint density at radius 1 is 1.50 bits per heavy atom. The molecule has 104 valence electrons. The maximum atomic E-state index is 11.3. The van der Waals surface area contributed by atoms with E-state index in [-0.39, 0.29) is 5.84 Å². The van der Waals surface area contributed by atoms with Gasteiger partial charge in [0.1, 0.15) is 5.84 Å². The summed E-state index contributed by atoms with van der Waals surface area (Å²) in [6, 6.07) is 5.15. The zero-order chi connectivity index (χ0) is 14.9. The lowest BCUT2D eigenvalue weighted by Gasteiger charge is -2.08. The predicted octanol–water partition coefficient (Wildman–Crippen LogP) is 0.666. The molecule has 9 heteroatoms. The van der Waals surface area contributed by atoms with Gasteiger partial charge in [-0.25, -0.2) is 0 Å². The van der Waals surface area contributed by atoms with Crippen LogP contribution in [0.2, 0.25) is 0 Å². The smallest absolute Gasteiger partial charge is 0.339 e. The third-order valence-corrected chi connectivity index (χ3v) is 4.43. The van der Waals surface area contributed by atoms with Crippen LogP contribution in [0.5, 0.6) is 0 Å². The molecule has 2 aromatic rings. The lowest BCUT2D eigenvalue weighted by atomic mass is 10.2. The molecular weight excluding hydrogens is 346 g/mol. The number of amidine groups is 1. The molecule has 0 spiro atoms. The van der Waals surface area contributed by atoms with E-state index in [1.807, 2.05) is 0 Å². The van der Waals surface area contributed by atoms with Crippen molar-refractivity contribution >= 4 is 33.5 Å². The molecule has 20 heavy (non-hydrogen) atoms. The van der Waals surface area contributed by atoms with Gasteiger partial charge < -0.3 is 5.73 Å². The van der Waals surface area contributed by atoms with Crippen LogP contribution in [-0.4, -0.2) is 20.6 Å². The van der Waals surface area contributed by atoms with Crippen molar-refractivity contribution in [1.29, 1.82) is 5.41 Å². The Kier molecular flexibility index (Phi) is 4.09. The van der Waals surface area contributed by atoms with Gasteiger partial charge in [0.25, 0.3) is 0 Å². The number of aryl methyl sites for hydroxylation is 1. The number of nitrogens with zero attached hydrogens (tertiary/aromatic N) is 2. The van der Waals surface area contributed by atoms with Crippen molar-refractivity contribution in [3.8, 4) is 0 Å². The Bertz CT molecular complexity index is 798. The highest BCUT2D eigenvalue weighted by molar-refractivity contribution is 9.10. The van der Waals surface area contributed by atoms with Gasteiger partial charge in [-0.15, -0.1) is 0 Å². The van der Waals surface area contributed by atoms with Crippen molar-refractivity contribution in [3.63, 3.8) is 0 Å². The number of nitrogens with two attached hydrogens (primary N) is 1. The summed E-state index contributed by atoms with van der Waals surface area (Å²) in [7, 11) is 1.59. The molecule has 1 aromatic heterocycles. The number of hydrogen-bond donors (Lipinski definition) is 3. The molecule has 0 unspecified atom stereocenters. The zero-order valence-corrected chi connectivity index (χ0v) is 12.7. The molecule has 0 fully saturated rings. The number of halogens is 1. The van der Waals surface area contributed by atoms with Crippen LogP contribution in [0.15, 0.2) is 42.3 Å². The zero-order valence-electron chi connectivity index (χ0n) is 10.3. The Hall–Kier alpha value is -1.87. The predicted molar refractivity (Wildman–Crippen MR) is 79.4 cm³/mol. The Balaban J connectivity index is 2.40. The molecule has 0 saturated heterocycles. The lowest BCUT2D eigenvalue weighted by Crippen LogP contribution is -2.33. The molecule has 0 aliphatic carbocycles. The normalized spacial score (nSPS) is 10.5. The van der Waals surface area contributed by atoms with E-state index >= 15 is 0 Å². The highest BCUT2D eigenvalue weighted by Crippen LogP contribution is 2.32. The molecule has 0 aliphatic rings. The average molecular weight is 356 g/mol. The summed E-state index contributed by atoms with van der Waals surface area (Å²) in [6.45, 7) is 0. The largest absolute Gasteiger partial charge is 0.384 e. The van der Waals surface area contributed by atoms with E-state index in [0.29, 0.717) is 10.7 Å². The molecule has 0 bridgehead atoms. The van der Waals surface area contributed by atoms with Gasteiger partial charge in [0.05, 0.1) is 0 Å². The van der Waals surface area contributed by atoms with Gasteiger partial charge in [0, 0.05) is 22.0 Å². The molecule has 1 heterocycles. The minimum atomic E-state index is -0.831. The van der Waals surface area contributed by atoms with Crippen LogP contribution in [0.3, 0.4) is 0 Å². The molecule has 0 aliphatic heterocycles. The first-order valence-electron chi connectivity index (χ1n) is 5.37. The maximum Gasteiger partial charge on any atom is 0.339 e. The molecule has 0 saturated carbocycles. The van der Waals surface area contributed by atoms with Crippen LogP contribution in [-0.2, 0) is 7.05 Å². The highest BCUT2D eigenvalue weighted by Gasteiger charge is 2.10. The van der Waals surface area contributed by atoms with Crippen LogP contribution >= 0.6 is 27.7 Å². The Morgan fingerprint density at radius 3 is 2.80 bits per heavy atom. The minimum absolute atomic E-state index is 0.0307. The molecule has 0 amide bonds. The van der Waals surface area contributed by atoms with E-state index in [2.05, 4.69) is 26.0 Å². The van der Waals surface area contributed by atoms with Gasteiger partial charge in [-0.05, 0) is 39.8 Å². The molecule has 0 atom stereocenters. The summed E-state index contributed by atoms with van der Waals surface area (Å²) in [5, 5.41) is 10.1. The minimum Gasteiger partial charge on any atom is -0.384 e. The van der Waals surface area contributed by atoms with Crippen LogP contribution < -0.4 is 16.9 Å². The second-order valence-electron chi connectivity index (χ2n) is 3.86. The van der Waals surface area contributed by atoms with E-state index in [0.717, 1.165) is 9.37 Å². The molecule has 2 rings (SSSR count). The van der Waals surface area contributed by atoms with Gasteiger partial charge in [0.15, 0.2) is 5.16 Å². The van der Waals surface area contributed by atoms with E-state index in [9.17, 15) is 9.59 Å². The van der Waals surface area contributed by atoms with Gasteiger partial charge in [-0.2, -0.15) is 4.98 Å². The summed E-state index contributed by atoms with van der Waals surface area (Å²) in [4.78, 5) is 26.9. The van der Waals surface area contributed by atoms with Gasteiger partial charge in [-0.1, -0.05) is 6.07 Å². The number of nitrogen functional groups attached to an aromatic ring is 1. The monoisotopic (exact) mass is 355 g/mol. The standard InChI is InChI=1S/C11H10BrN5O2S/c1-17-11(15-9(18)10(19)16-17)20-7-3-2-5(8(13)14)4-6(7)12/h2-4H,1H3,(H3,13,14)(H,16,19). The molecule has 7 nitrogen and oxygen atoms in total. The van der Waals surface area contributed by atoms with E-state index < -0.39 is 11.1 Å². The van der Waals surface area contributed by atoms with Crippen molar-refractivity contribution in [2.24, 2.45) is 12.8 Å². The van der Waals surface area contributed by atoms with Gasteiger partial charge in [0.2, 0.25) is 0 Å². The van der Waals surface area contributed by atoms with Crippen LogP contribution in [0, 0.1) is 5.41 Å². The maximum absolute atomic E-state index is 11.3. The number of H-pyrrole nitrogens is 1. The number of rotatable bonds is 3. The summed E-state index contributed by atoms with van der Waals surface area (Å²) >= 11 is 4.58. The molecule has 4 N–H and O–H groups in total. The van der Waals surface area contributed by atoms with E-state index in [4.69, 9.17) is 11.1 Å². The van der Waals surface area contributed by atoms with Gasteiger partial charge in [-0.3, -0.25) is 24.8 Å². The van der Waals surface area contributed by atoms with Crippen LogP contribution in [0.1, 0.15) is 5.56 Å². The molecule has 0 radical (unpaired) electrons. The van der Waals surface area contributed by atoms with Crippen LogP contribution in [0.4, 0.5) is 0 Å². The third-order valence-electron chi connectivity index (χ3n) is 2.39. The fourth-order valence-electron chi connectivity index (χ4n) is 1.40. The fourth-order valence-corrected chi connectivity index (χ4v) is 2.82. The highest BCUT2D eigenvalue weighted by atomic mass is 79.9. The molecule has 1 aromatic carbocycles. The van der Waals surface area contributed by atoms with E-state index in [1.165, 1.54) is 16.4 Å². The second kappa shape index (κ2) is 5.63. The summed E-state index contributed by atoms with van der Waals surface area (Å²) in [5.41, 5.74) is 4.40. The van der Waals surface area contributed by atoms with Crippen molar-refractivity contribution < 1.29 is 0 Å². The second-order valence-corrected chi connectivity index (χ2v) is 5.72. The summed E-state index contributed by atoms with van der Waals surface area (Å²) < 4.78 is 2.09. The lowest BCUT2D eigenvalue weighted by molar-refractivity contribution is 0.596. The number of benzene rings is 1. The average Bonchev–Trinajstić information content (AvgIpc) is 2.37. The van der Waals surface area contributed by atoms with Gasteiger partial charge >= 0.3 is 11.1 Å². The summed E-state index contributed by atoms with van der Waals surface area (Å²) in [5.74, 6) is -0.0307. The number of aromatic nitrogens is 3. The number of hydrogen-bond acceptors (Lipinski definition) is 5. The first kappa shape index (κ1) is 14.5. The first-order chi connectivity index (χ1) is 9.38. The quantitative estimate of drug-likeness (QED) is 0.424. The molecular formula is C11H10BrN5O2S. The summed E-state index contributed by atoms with van der Waals surface area (Å²) in [6.07, 6.45) is 0. The van der Waals surface area contributed by atoms with Crippen molar-refractivity contribution in [2.45, 2.75) is 10.1 Å². The Morgan fingerprint density at radius 2 is 2.20 bits per heavy atom. The Labute approximate surface area is 125 Å². The fraction of sp³-hybridized carbons (Fsp3) is 0.0909. The SMILES string of the molecule is Cn1[nH]c(=O)c(=O)nc1Sc1ccc(C(=N)N)cc1Br. The first-order valence-corrected chi connectivity index (χ1v) is 6.98.